The molecule has 0 radical (unpaired) electrons. The zero-order valence-corrected chi connectivity index (χ0v) is 10.2. The lowest BCUT2D eigenvalue weighted by atomic mass is 9.87. The van der Waals surface area contributed by atoms with Crippen LogP contribution in [0.15, 0.2) is 12.3 Å². The Morgan fingerprint density at radius 2 is 1.71 bits per heavy atom. The van der Waals surface area contributed by atoms with E-state index in [4.69, 9.17) is 2.74 Å². The second kappa shape index (κ2) is 3.15. The molecule has 0 spiro atoms. The van der Waals surface area contributed by atoms with E-state index in [1.165, 1.54) is 0 Å². The molecular weight excluding hydrogens is 170 g/mol. The first-order chi connectivity index (χ1) is 7.05. The van der Waals surface area contributed by atoms with Gasteiger partial charge in [-0.2, -0.15) is 0 Å². The SMILES string of the molecule is [2H]C([2H])c1c(C(C)(C)C)ccn1C(C)(C)C. The summed E-state index contributed by atoms with van der Waals surface area (Å²) in [6, 6.07) is 2.05. The van der Waals surface area contributed by atoms with Crippen LogP contribution in [0.1, 0.15) is 55.5 Å². The Hall–Kier alpha value is -0.720. The second-order valence-electron chi connectivity index (χ2n) is 5.91. The summed E-state index contributed by atoms with van der Waals surface area (Å²) in [5.74, 6) is 0. The lowest BCUT2D eigenvalue weighted by Crippen LogP contribution is -2.23. The number of rotatable bonds is 0. The molecule has 1 aromatic rings. The van der Waals surface area contributed by atoms with Crippen LogP contribution in [0.3, 0.4) is 0 Å². The van der Waals surface area contributed by atoms with Crippen LogP contribution in [-0.2, 0) is 11.0 Å². The fourth-order valence-corrected chi connectivity index (χ4v) is 1.66. The molecule has 0 fully saturated rings. The highest BCUT2D eigenvalue weighted by Crippen LogP contribution is 2.29. The van der Waals surface area contributed by atoms with Crippen molar-refractivity contribution in [3.05, 3.63) is 23.5 Å². The van der Waals surface area contributed by atoms with Crippen molar-refractivity contribution in [1.29, 1.82) is 0 Å². The van der Waals surface area contributed by atoms with E-state index in [1.807, 2.05) is 6.20 Å². The quantitative estimate of drug-likeness (QED) is 0.592. The van der Waals surface area contributed by atoms with Crippen LogP contribution in [0.4, 0.5) is 0 Å². The summed E-state index contributed by atoms with van der Waals surface area (Å²) < 4.78 is 17.5. The van der Waals surface area contributed by atoms with Crippen LogP contribution in [0.2, 0.25) is 0 Å². The van der Waals surface area contributed by atoms with Crippen LogP contribution < -0.4 is 0 Å². The van der Waals surface area contributed by atoms with Gasteiger partial charge in [0.25, 0.3) is 0 Å². The number of nitrogens with zero attached hydrogens (tertiary/aromatic N) is 1. The molecule has 0 aromatic carbocycles. The van der Waals surface area contributed by atoms with E-state index in [9.17, 15) is 0 Å². The molecule has 1 aromatic heterocycles. The lowest BCUT2D eigenvalue weighted by molar-refractivity contribution is 0.388. The van der Waals surface area contributed by atoms with Crippen LogP contribution in [0.5, 0.6) is 0 Å². The van der Waals surface area contributed by atoms with Gasteiger partial charge in [0.05, 0.1) is 0 Å². The van der Waals surface area contributed by atoms with Gasteiger partial charge in [0.2, 0.25) is 0 Å². The van der Waals surface area contributed by atoms with Crippen LogP contribution >= 0.6 is 0 Å². The average Bonchev–Trinajstić information content (AvgIpc) is 2.43. The number of aromatic nitrogens is 1. The minimum atomic E-state index is -0.927. The van der Waals surface area contributed by atoms with Crippen molar-refractivity contribution < 1.29 is 2.74 Å². The largest absolute Gasteiger partial charge is 0.346 e. The Morgan fingerprint density at radius 3 is 2.07 bits per heavy atom. The van der Waals surface area contributed by atoms with Gasteiger partial charge in [-0.3, -0.25) is 0 Å². The van der Waals surface area contributed by atoms with Crippen LogP contribution in [-0.4, -0.2) is 4.57 Å². The molecule has 1 nitrogen and oxygen atoms in total. The molecule has 14 heavy (non-hydrogen) atoms. The smallest absolute Gasteiger partial charge is 0.0358 e. The molecule has 0 unspecified atom stereocenters. The molecule has 0 bridgehead atoms. The fraction of sp³-hybridized carbons (Fsp3) is 0.692. The lowest BCUT2D eigenvalue weighted by Gasteiger charge is -2.26. The third-order valence-electron chi connectivity index (χ3n) is 2.46. The second-order valence-corrected chi connectivity index (χ2v) is 5.91. The first-order valence-corrected chi connectivity index (χ1v) is 5.12. The van der Waals surface area contributed by atoms with E-state index in [1.54, 1.807) is 0 Å². The maximum atomic E-state index is 7.72. The molecule has 1 rings (SSSR count). The molecule has 0 amide bonds. The van der Waals surface area contributed by atoms with Gasteiger partial charge < -0.3 is 4.57 Å². The molecule has 1 heteroatoms. The maximum Gasteiger partial charge on any atom is 0.0358 e. The van der Waals surface area contributed by atoms with E-state index < -0.39 is 6.88 Å². The van der Waals surface area contributed by atoms with Crippen molar-refractivity contribution in [3.63, 3.8) is 0 Å². The third kappa shape index (κ3) is 2.02. The summed E-state index contributed by atoms with van der Waals surface area (Å²) in [5, 5.41) is 0. The van der Waals surface area contributed by atoms with Crippen molar-refractivity contribution in [2.45, 2.75) is 59.4 Å². The summed E-state index contributed by atoms with van der Waals surface area (Å²) in [6.45, 7) is 11.8. The Balaban J connectivity index is 3.41. The van der Waals surface area contributed by atoms with Crippen LogP contribution in [0.25, 0.3) is 0 Å². The molecule has 0 aliphatic rings. The molecule has 1 heterocycles. The fourth-order valence-electron chi connectivity index (χ4n) is 1.66. The van der Waals surface area contributed by atoms with Gasteiger partial charge in [-0.05, 0) is 44.7 Å². The zero-order valence-electron chi connectivity index (χ0n) is 12.2. The molecule has 0 aliphatic heterocycles. The monoisotopic (exact) mass is 195 g/mol. The predicted octanol–water partition coefficient (Wildman–Crippen LogP) is 3.85. The van der Waals surface area contributed by atoms with E-state index in [0.717, 1.165) is 11.3 Å². The van der Waals surface area contributed by atoms with Crippen molar-refractivity contribution in [2.24, 2.45) is 0 Å². The van der Waals surface area contributed by atoms with Crippen LogP contribution in [0, 0.1) is 6.88 Å². The Bertz CT molecular complexity index is 333. The van der Waals surface area contributed by atoms with Gasteiger partial charge in [-0.1, -0.05) is 20.8 Å². The standard InChI is InChI=1S/C13H23N/c1-10-11(12(2,3)4)8-9-14(10)13(5,6)7/h8-9H,1-7H3/i1D2. The first kappa shape index (κ1) is 8.58. The summed E-state index contributed by atoms with van der Waals surface area (Å²) in [7, 11) is 0. The van der Waals surface area contributed by atoms with Gasteiger partial charge in [0, 0.05) is 20.2 Å². The number of hydrogen-bond acceptors (Lipinski definition) is 0. The highest BCUT2D eigenvalue weighted by Gasteiger charge is 2.22. The molecule has 80 valence electrons. The van der Waals surface area contributed by atoms with Crippen molar-refractivity contribution in [2.75, 3.05) is 0 Å². The topological polar surface area (TPSA) is 4.93 Å². The Labute approximate surface area is 90.9 Å². The van der Waals surface area contributed by atoms with Gasteiger partial charge in [0.15, 0.2) is 0 Å². The summed E-state index contributed by atoms with van der Waals surface area (Å²) in [4.78, 5) is 0. The third-order valence-corrected chi connectivity index (χ3v) is 2.46. The van der Waals surface area contributed by atoms with Crippen molar-refractivity contribution in [1.82, 2.24) is 4.57 Å². The van der Waals surface area contributed by atoms with Crippen molar-refractivity contribution in [3.8, 4) is 0 Å². The molecule has 0 aliphatic carbocycles. The highest BCUT2D eigenvalue weighted by molar-refractivity contribution is 5.29. The van der Waals surface area contributed by atoms with Gasteiger partial charge in [-0.25, -0.2) is 0 Å². The first-order valence-electron chi connectivity index (χ1n) is 6.27. The summed E-state index contributed by atoms with van der Waals surface area (Å²) >= 11 is 0. The van der Waals surface area contributed by atoms with E-state index in [-0.39, 0.29) is 11.0 Å². The summed E-state index contributed by atoms with van der Waals surface area (Å²) in [5.41, 5.74) is 1.85. The minimum Gasteiger partial charge on any atom is -0.346 e. The average molecular weight is 195 g/mol. The normalized spacial score (nSPS) is 15.6. The zero-order chi connectivity index (χ0) is 12.7. The van der Waals surface area contributed by atoms with Crippen molar-refractivity contribution >= 4 is 0 Å². The minimum absolute atomic E-state index is 0.00775. The Morgan fingerprint density at radius 1 is 1.14 bits per heavy atom. The van der Waals surface area contributed by atoms with Gasteiger partial charge in [0.1, 0.15) is 0 Å². The van der Waals surface area contributed by atoms with Gasteiger partial charge in [-0.15, -0.1) is 0 Å². The maximum absolute atomic E-state index is 7.72. The summed E-state index contributed by atoms with van der Waals surface area (Å²) in [6.07, 6.45) is 2.01. The number of hydrogen-bond donors (Lipinski definition) is 0. The van der Waals surface area contributed by atoms with E-state index >= 15 is 0 Å². The predicted molar refractivity (Wildman–Crippen MR) is 62.9 cm³/mol. The molecule has 0 N–H and O–H groups in total. The van der Waals surface area contributed by atoms with Gasteiger partial charge >= 0.3 is 0 Å². The van der Waals surface area contributed by atoms with E-state index in [2.05, 4.69) is 52.2 Å². The highest BCUT2D eigenvalue weighted by atomic mass is 15.0. The molecular formula is C13H23N. The molecule has 0 saturated carbocycles. The Kier molecular flexibility index (Phi) is 1.93. The molecule has 0 atom stereocenters. The van der Waals surface area contributed by atoms with E-state index in [0.29, 0.717) is 0 Å². The molecule has 0 saturated heterocycles.